The van der Waals surface area contributed by atoms with E-state index < -0.39 is 24.3 Å². The van der Waals surface area contributed by atoms with E-state index in [9.17, 15) is 18.0 Å². The van der Waals surface area contributed by atoms with Crippen LogP contribution in [0.4, 0.5) is 13.2 Å². The van der Waals surface area contributed by atoms with Gasteiger partial charge >= 0.3 is 6.18 Å². The van der Waals surface area contributed by atoms with Crippen molar-refractivity contribution in [2.24, 2.45) is 0 Å². The molecule has 20 heavy (non-hydrogen) atoms. The first-order chi connectivity index (χ1) is 9.40. The lowest BCUT2D eigenvalue weighted by molar-refractivity contribution is -0.141. The molecule has 0 atom stereocenters. The second kappa shape index (κ2) is 7.14. The molecule has 1 aromatic carbocycles. The van der Waals surface area contributed by atoms with E-state index in [1.165, 1.54) is 23.1 Å². The Morgan fingerprint density at radius 3 is 2.55 bits per heavy atom. The van der Waals surface area contributed by atoms with Gasteiger partial charge in [0, 0.05) is 13.1 Å². The van der Waals surface area contributed by atoms with Crippen LogP contribution < -0.4 is 4.74 Å². The largest absolute Gasteiger partial charge is 0.483 e. The summed E-state index contributed by atoms with van der Waals surface area (Å²) in [5.74, 6) is -0.855. The Labute approximate surface area is 114 Å². The molecule has 0 spiro atoms. The molecule has 0 unspecified atom stereocenters. The van der Waals surface area contributed by atoms with Gasteiger partial charge in [-0.1, -0.05) is 12.1 Å². The van der Waals surface area contributed by atoms with Crippen LogP contribution >= 0.6 is 0 Å². The Bertz CT molecular complexity index is 449. The predicted octanol–water partition coefficient (Wildman–Crippen LogP) is 1.92. The fourth-order valence-corrected chi connectivity index (χ4v) is 1.64. The monoisotopic (exact) mass is 291 g/mol. The highest BCUT2D eigenvalue weighted by Crippen LogP contribution is 2.35. The van der Waals surface area contributed by atoms with Crippen LogP contribution in [0, 0.1) is 0 Å². The van der Waals surface area contributed by atoms with Crippen molar-refractivity contribution in [1.82, 2.24) is 4.90 Å². The summed E-state index contributed by atoms with van der Waals surface area (Å²) < 4.78 is 43.1. The number of nitrogens with zero attached hydrogens (tertiary/aromatic N) is 1. The zero-order chi connectivity index (χ0) is 15.2. The van der Waals surface area contributed by atoms with Gasteiger partial charge in [0.25, 0.3) is 5.91 Å². The van der Waals surface area contributed by atoms with Gasteiger partial charge in [-0.3, -0.25) is 4.79 Å². The second-order valence-corrected chi connectivity index (χ2v) is 3.98. The van der Waals surface area contributed by atoms with Gasteiger partial charge < -0.3 is 14.7 Å². The number of alkyl halides is 3. The van der Waals surface area contributed by atoms with Gasteiger partial charge in [-0.2, -0.15) is 13.2 Å². The van der Waals surface area contributed by atoms with Crippen molar-refractivity contribution >= 4 is 5.91 Å². The zero-order valence-corrected chi connectivity index (χ0v) is 11.0. The quantitative estimate of drug-likeness (QED) is 0.871. The van der Waals surface area contributed by atoms with E-state index in [0.717, 1.165) is 6.07 Å². The number of para-hydroxylation sites is 1. The van der Waals surface area contributed by atoms with Crippen LogP contribution in [-0.4, -0.2) is 42.2 Å². The molecular weight excluding hydrogens is 275 g/mol. The minimum Gasteiger partial charge on any atom is -0.483 e. The van der Waals surface area contributed by atoms with Crippen LogP contribution in [0.3, 0.4) is 0 Å². The van der Waals surface area contributed by atoms with E-state index in [2.05, 4.69) is 0 Å². The molecule has 7 heteroatoms. The van der Waals surface area contributed by atoms with Gasteiger partial charge in [-0.15, -0.1) is 0 Å². The number of amides is 1. The number of likely N-dealkylation sites (N-methyl/N-ethyl adjacent to an activating group) is 1. The Kier molecular flexibility index (Phi) is 5.82. The van der Waals surface area contributed by atoms with Crippen LogP contribution in [0.25, 0.3) is 0 Å². The smallest absolute Gasteiger partial charge is 0.419 e. The molecule has 0 aliphatic carbocycles. The average molecular weight is 291 g/mol. The minimum atomic E-state index is -4.53. The maximum absolute atomic E-state index is 12.7. The van der Waals surface area contributed by atoms with Crippen molar-refractivity contribution in [3.8, 4) is 5.75 Å². The summed E-state index contributed by atoms with van der Waals surface area (Å²) in [7, 11) is 0. The summed E-state index contributed by atoms with van der Waals surface area (Å²) in [6.07, 6.45) is -4.53. The predicted molar refractivity (Wildman–Crippen MR) is 66.3 cm³/mol. The van der Waals surface area contributed by atoms with Crippen molar-refractivity contribution in [2.75, 3.05) is 26.3 Å². The number of aliphatic hydroxyl groups is 1. The SMILES string of the molecule is CCN(CCO)C(=O)COc1ccccc1C(F)(F)F. The van der Waals surface area contributed by atoms with Crippen molar-refractivity contribution < 1.29 is 27.8 Å². The number of benzene rings is 1. The number of carbonyl (C=O) groups is 1. The standard InChI is InChI=1S/C13H16F3NO3/c1-2-17(7-8-18)12(19)9-20-11-6-4-3-5-10(11)13(14,15)16/h3-6,18H,2,7-9H2,1H3. The van der Waals surface area contributed by atoms with Gasteiger partial charge in [0.2, 0.25) is 0 Å². The number of aliphatic hydroxyl groups excluding tert-OH is 1. The molecule has 0 bridgehead atoms. The topological polar surface area (TPSA) is 49.8 Å². The van der Waals surface area contributed by atoms with Gasteiger partial charge in [-0.05, 0) is 19.1 Å². The normalized spacial score (nSPS) is 11.2. The van der Waals surface area contributed by atoms with Gasteiger partial charge in [-0.25, -0.2) is 0 Å². The zero-order valence-electron chi connectivity index (χ0n) is 11.0. The number of hydrogen-bond acceptors (Lipinski definition) is 3. The fourth-order valence-electron chi connectivity index (χ4n) is 1.64. The number of hydrogen-bond donors (Lipinski definition) is 1. The Balaban J connectivity index is 2.73. The summed E-state index contributed by atoms with van der Waals surface area (Å²) in [5.41, 5.74) is -0.919. The van der Waals surface area contributed by atoms with Crippen LogP contribution in [0.2, 0.25) is 0 Å². The van der Waals surface area contributed by atoms with E-state index >= 15 is 0 Å². The van der Waals surface area contributed by atoms with Crippen molar-refractivity contribution in [3.63, 3.8) is 0 Å². The van der Waals surface area contributed by atoms with E-state index in [4.69, 9.17) is 9.84 Å². The number of rotatable bonds is 6. The molecule has 0 radical (unpaired) electrons. The van der Waals surface area contributed by atoms with Gasteiger partial charge in [0.05, 0.1) is 12.2 Å². The summed E-state index contributed by atoms with van der Waals surface area (Å²) >= 11 is 0. The Morgan fingerprint density at radius 2 is 2.00 bits per heavy atom. The maximum atomic E-state index is 12.7. The summed E-state index contributed by atoms with van der Waals surface area (Å²) in [6.45, 7) is 1.47. The molecule has 0 saturated carbocycles. The minimum absolute atomic E-state index is 0.125. The van der Waals surface area contributed by atoms with Crippen LogP contribution in [-0.2, 0) is 11.0 Å². The van der Waals surface area contributed by atoms with E-state index in [1.807, 2.05) is 0 Å². The van der Waals surface area contributed by atoms with Crippen molar-refractivity contribution in [3.05, 3.63) is 29.8 Å². The first kappa shape index (κ1) is 16.3. The third-order valence-electron chi connectivity index (χ3n) is 2.65. The fraction of sp³-hybridized carbons (Fsp3) is 0.462. The number of carbonyl (C=O) groups excluding carboxylic acids is 1. The molecule has 0 aliphatic heterocycles. The van der Waals surface area contributed by atoms with E-state index in [1.54, 1.807) is 6.92 Å². The van der Waals surface area contributed by atoms with E-state index in [-0.39, 0.29) is 18.9 Å². The molecule has 0 fully saturated rings. The average Bonchev–Trinajstić information content (AvgIpc) is 2.41. The highest BCUT2D eigenvalue weighted by Gasteiger charge is 2.34. The Hall–Kier alpha value is -1.76. The summed E-state index contributed by atoms with van der Waals surface area (Å²) in [5, 5.41) is 8.77. The Morgan fingerprint density at radius 1 is 1.35 bits per heavy atom. The van der Waals surface area contributed by atoms with E-state index in [0.29, 0.717) is 6.54 Å². The van der Waals surface area contributed by atoms with Gasteiger partial charge in [0.15, 0.2) is 6.61 Å². The van der Waals surface area contributed by atoms with Crippen LogP contribution in [0.1, 0.15) is 12.5 Å². The summed E-state index contributed by atoms with van der Waals surface area (Å²) in [6, 6.07) is 4.71. The third-order valence-corrected chi connectivity index (χ3v) is 2.65. The highest BCUT2D eigenvalue weighted by molar-refractivity contribution is 5.77. The molecular formula is C13H16F3NO3. The molecule has 1 rings (SSSR count). The lowest BCUT2D eigenvalue weighted by atomic mass is 10.2. The maximum Gasteiger partial charge on any atom is 0.419 e. The third kappa shape index (κ3) is 4.41. The molecule has 4 nitrogen and oxygen atoms in total. The van der Waals surface area contributed by atoms with Gasteiger partial charge in [0.1, 0.15) is 5.75 Å². The number of halogens is 3. The molecule has 0 aliphatic rings. The summed E-state index contributed by atoms with van der Waals surface area (Å²) in [4.78, 5) is 13.0. The van der Waals surface area contributed by atoms with Crippen LogP contribution in [0.5, 0.6) is 5.75 Å². The highest BCUT2D eigenvalue weighted by atomic mass is 19.4. The first-order valence-corrected chi connectivity index (χ1v) is 6.07. The molecule has 0 heterocycles. The molecule has 0 saturated heterocycles. The second-order valence-electron chi connectivity index (χ2n) is 3.98. The van der Waals surface area contributed by atoms with Crippen LogP contribution in [0.15, 0.2) is 24.3 Å². The first-order valence-electron chi connectivity index (χ1n) is 6.07. The molecule has 0 aromatic heterocycles. The van der Waals surface area contributed by atoms with Crippen molar-refractivity contribution in [2.45, 2.75) is 13.1 Å². The molecule has 1 amide bonds. The molecule has 1 N–H and O–H groups in total. The number of ether oxygens (including phenoxy) is 1. The van der Waals surface area contributed by atoms with Crippen molar-refractivity contribution in [1.29, 1.82) is 0 Å². The lowest BCUT2D eigenvalue weighted by Crippen LogP contribution is -2.36. The molecule has 112 valence electrons. The molecule has 1 aromatic rings. The lowest BCUT2D eigenvalue weighted by Gasteiger charge is -2.20.